The summed E-state index contributed by atoms with van der Waals surface area (Å²) >= 11 is 0. The molecule has 1 saturated carbocycles. The summed E-state index contributed by atoms with van der Waals surface area (Å²) in [6.07, 6.45) is 10.5. The van der Waals surface area contributed by atoms with Gasteiger partial charge in [0, 0.05) is 17.2 Å². The average molecular weight is 535 g/mol. The summed E-state index contributed by atoms with van der Waals surface area (Å²) in [5.74, 6) is -1.31. The van der Waals surface area contributed by atoms with Crippen LogP contribution in [0.2, 0.25) is 0 Å². The molecule has 1 fully saturated rings. The molecule has 1 N–H and O–H groups in total. The van der Waals surface area contributed by atoms with E-state index in [2.05, 4.69) is 13.5 Å². The van der Waals surface area contributed by atoms with Crippen molar-refractivity contribution in [3.8, 4) is 16.9 Å². The number of benzene rings is 3. The number of aliphatic hydroxyl groups excluding tert-OH is 1. The van der Waals surface area contributed by atoms with Crippen LogP contribution in [0.25, 0.3) is 23.3 Å². The van der Waals surface area contributed by atoms with Gasteiger partial charge in [-0.2, -0.15) is 0 Å². The Morgan fingerprint density at radius 3 is 2.36 bits per heavy atom. The van der Waals surface area contributed by atoms with Crippen molar-refractivity contribution < 1.29 is 23.0 Å². The molecule has 3 aromatic carbocycles. The molecule has 1 aliphatic carbocycles. The van der Waals surface area contributed by atoms with Gasteiger partial charge < -0.3 is 9.84 Å². The monoisotopic (exact) mass is 534 g/mol. The Balaban J connectivity index is 1.41. The summed E-state index contributed by atoms with van der Waals surface area (Å²) < 4.78 is 50.3. The first kappa shape index (κ1) is 28.7. The Morgan fingerprint density at radius 1 is 0.949 bits per heavy atom. The molecule has 0 amide bonds. The molecule has 2 nitrogen and oxygen atoms in total. The molecule has 5 heteroatoms. The second-order valence-corrected chi connectivity index (χ2v) is 10.4. The lowest BCUT2D eigenvalue weighted by Gasteiger charge is -2.32. The van der Waals surface area contributed by atoms with Crippen molar-refractivity contribution in [1.29, 1.82) is 0 Å². The van der Waals surface area contributed by atoms with Gasteiger partial charge in [-0.05, 0) is 79.2 Å². The van der Waals surface area contributed by atoms with Crippen molar-refractivity contribution in [3.05, 3.63) is 101 Å². The predicted octanol–water partition coefficient (Wildman–Crippen LogP) is 9.33. The van der Waals surface area contributed by atoms with Crippen molar-refractivity contribution in [2.45, 2.75) is 63.9 Å². The second kappa shape index (κ2) is 13.7. The minimum absolute atomic E-state index is 0.0284. The van der Waals surface area contributed by atoms with Crippen LogP contribution in [0.15, 0.2) is 67.3 Å². The lowest BCUT2D eigenvalue weighted by atomic mass is 9.75. The molecule has 4 rings (SSSR count). The lowest BCUT2D eigenvalue weighted by molar-refractivity contribution is 0.0727. The molecule has 0 bridgehead atoms. The van der Waals surface area contributed by atoms with Gasteiger partial charge in [0.25, 0.3) is 0 Å². The smallest absolute Gasteiger partial charge is 0.166 e. The van der Waals surface area contributed by atoms with Crippen molar-refractivity contribution in [2.24, 2.45) is 5.92 Å². The minimum Gasteiger partial charge on any atom is -0.493 e. The van der Waals surface area contributed by atoms with Crippen LogP contribution in [0.1, 0.15) is 74.5 Å². The maximum Gasteiger partial charge on any atom is 0.166 e. The minimum atomic E-state index is -0.832. The molecule has 1 atom stereocenters. The van der Waals surface area contributed by atoms with E-state index in [-0.39, 0.29) is 29.3 Å². The molecular formula is C34H37F3O2. The van der Waals surface area contributed by atoms with Crippen LogP contribution >= 0.6 is 0 Å². The molecule has 0 spiro atoms. The number of ether oxygens (including phenoxy) is 1. The molecule has 0 aromatic heterocycles. The van der Waals surface area contributed by atoms with Gasteiger partial charge in [-0.3, -0.25) is 0 Å². The van der Waals surface area contributed by atoms with Crippen molar-refractivity contribution in [2.75, 3.05) is 6.61 Å². The van der Waals surface area contributed by atoms with Crippen LogP contribution in [0, 0.1) is 23.4 Å². The highest BCUT2D eigenvalue weighted by atomic mass is 19.2. The van der Waals surface area contributed by atoms with E-state index in [4.69, 9.17) is 4.74 Å². The molecule has 1 unspecified atom stereocenters. The van der Waals surface area contributed by atoms with Gasteiger partial charge in [0.1, 0.15) is 11.6 Å². The number of aliphatic hydroxyl groups is 1. The Kier molecular flexibility index (Phi) is 10.0. The van der Waals surface area contributed by atoms with E-state index in [0.717, 1.165) is 44.1 Å². The van der Waals surface area contributed by atoms with Crippen LogP contribution in [-0.4, -0.2) is 17.8 Å². The molecule has 39 heavy (non-hydrogen) atoms. The highest BCUT2D eigenvalue weighted by Gasteiger charge is 2.29. The topological polar surface area (TPSA) is 29.5 Å². The predicted molar refractivity (Wildman–Crippen MR) is 153 cm³/mol. The van der Waals surface area contributed by atoms with Gasteiger partial charge in [0.15, 0.2) is 11.6 Å². The normalized spacial score (nSPS) is 18.3. The van der Waals surface area contributed by atoms with Gasteiger partial charge >= 0.3 is 0 Å². The van der Waals surface area contributed by atoms with E-state index in [1.807, 2.05) is 0 Å². The van der Waals surface area contributed by atoms with Gasteiger partial charge in [0.2, 0.25) is 0 Å². The zero-order valence-electron chi connectivity index (χ0n) is 22.5. The third-order valence-corrected chi connectivity index (χ3v) is 7.69. The summed E-state index contributed by atoms with van der Waals surface area (Å²) in [4.78, 5) is 0. The van der Waals surface area contributed by atoms with E-state index in [0.29, 0.717) is 35.5 Å². The first-order valence-electron chi connectivity index (χ1n) is 13.9. The maximum atomic E-state index is 15.2. The van der Waals surface area contributed by atoms with Crippen LogP contribution in [0.3, 0.4) is 0 Å². The number of rotatable bonds is 11. The van der Waals surface area contributed by atoms with Crippen molar-refractivity contribution >= 4 is 12.2 Å². The fraction of sp³-hybridized carbons (Fsp3) is 0.353. The molecule has 1 aliphatic rings. The van der Waals surface area contributed by atoms with Crippen LogP contribution in [0.5, 0.6) is 5.75 Å². The van der Waals surface area contributed by atoms with Crippen LogP contribution < -0.4 is 4.74 Å². The zero-order valence-corrected chi connectivity index (χ0v) is 22.5. The van der Waals surface area contributed by atoms with E-state index in [9.17, 15) is 9.50 Å². The Hall–Kier alpha value is -3.31. The second-order valence-electron chi connectivity index (χ2n) is 10.4. The fourth-order valence-corrected chi connectivity index (χ4v) is 5.40. The molecule has 0 heterocycles. The quantitative estimate of drug-likeness (QED) is 0.151. The molecule has 3 aromatic rings. The van der Waals surface area contributed by atoms with E-state index in [1.165, 1.54) is 6.07 Å². The van der Waals surface area contributed by atoms with Crippen molar-refractivity contribution in [3.63, 3.8) is 0 Å². The molecule has 0 saturated heterocycles. The van der Waals surface area contributed by atoms with Gasteiger partial charge in [0.05, 0.1) is 12.7 Å². The summed E-state index contributed by atoms with van der Waals surface area (Å²) in [5, 5.41) is 10.3. The van der Waals surface area contributed by atoms with E-state index < -0.39 is 11.6 Å². The lowest BCUT2D eigenvalue weighted by Crippen LogP contribution is -2.25. The third kappa shape index (κ3) is 7.21. The fourth-order valence-electron chi connectivity index (χ4n) is 5.40. The first-order chi connectivity index (χ1) is 18.9. The van der Waals surface area contributed by atoms with Gasteiger partial charge in [-0.25, -0.2) is 13.2 Å². The third-order valence-electron chi connectivity index (χ3n) is 7.69. The van der Waals surface area contributed by atoms with E-state index in [1.54, 1.807) is 66.8 Å². The van der Waals surface area contributed by atoms with Crippen LogP contribution in [-0.2, 0) is 0 Å². The van der Waals surface area contributed by atoms with Crippen LogP contribution in [0.4, 0.5) is 13.2 Å². The highest BCUT2D eigenvalue weighted by molar-refractivity contribution is 5.73. The summed E-state index contributed by atoms with van der Waals surface area (Å²) in [7, 11) is 0. The summed E-state index contributed by atoms with van der Waals surface area (Å²) in [6.45, 7) is 6.14. The zero-order chi connectivity index (χ0) is 27.8. The Bertz CT molecular complexity index is 1270. The molecule has 0 radical (unpaired) electrons. The summed E-state index contributed by atoms with van der Waals surface area (Å²) in [5.41, 5.74) is 2.46. The standard InChI is InChI=1S/C34H37F3O2/c1-3-5-21-39-28-18-17-26(31(35)22-28)12-9-23-7-10-24(11-8-23)29-19-20-30(34(37)33(29)36)25-13-15-27(16-14-25)32(38)6-4-2/h3,7-12,17-20,22,25,27,32,38H,1,4-6,13-16,21H2,2H3/b12-9+. The average Bonchev–Trinajstić information content (AvgIpc) is 2.95. The first-order valence-corrected chi connectivity index (χ1v) is 13.9. The maximum absolute atomic E-state index is 15.2. The van der Waals surface area contributed by atoms with Gasteiger partial charge in [-0.1, -0.05) is 68.0 Å². The Morgan fingerprint density at radius 2 is 1.69 bits per heavy atom. The van der Waals surface area contributed by atoms with E-state index >= 15 is 8.78 Å². The number of halogens is 3. The highest BCUT2D eigenvalue weighted by Crippen LogP contribution is 2.40. The molecule has 206 valence electrons. The summed E-state index contributed by atoms with van der Waals surface area (Å²) in [6, 6.07) is 15.2. The molecule has 0 aliphatic heterocycles. The SMILES string of the molecule is C=CCCOc1ccc(/C=C/c2ccc(-c3ccc(C4CCC(C(O)CCC)CC4)c(F)c3F)cc2)c(F)c1. The number of hydrogen-bond donors (Lipinski definition) is 1. The van der Waals surface area contributed by atoms with Crippen molar-refractivity contribution in [1.82, 2.24) is 0 Å². The van der Waals surface area contributed by atoms with Gasteiger partial charge in [-0.15, -0.1) is 6.58 Å². The largest absolute Gasteiger partial charge is 0.493 e. The number of hydrogen-bond acceptors (Lipinski definition) is 2. The Labute approximate surface area is 229 Å². The molecular weight excluding hydrogens is 497 g/mol.